The highest BCUT2D eigenvalue weighted by molar-refractivity contribution is 5.94. The number of methoxy groups -OCH3 is 1. The Kier molecular flexibility index (Phi) is 3.52. The number of ether oxygens (including phenoxy) is 1. The fourth-order valence-electron chi connectivity index (χ4n) is 2.17. The molecule has 1 amide bonds. The first kappa shape index (κ1) is 12.8. The van der Waals surface area contributed by atoms with Gasteiger partial charge in [0.1, 0.15) is 11.5 Å². The zero-order chi connectivity index (χ0) is 13.2. The number of halogens is 1. The van der Waals surface area contributed by atoms with Gasteiger partial charge in [0.2, 0.25) is 5.91 Å². The van der Waals surface area contributed by atoms with Crippen molar-refractivity contribution in [2.45, 2.75) is 31.3 Å². The van der Waals surface area contributed by atoms with Gasteiger partial charge in [-0.15, -0.1) is 0 Å². The lowest BCUT2D eigenvalue weighted by molar-refractivity contribution is -0.129. The maximum absolute atomic E-state index is 13.5. The molecule has 98 valence electrons. The summed E-state index contributed by atoms with van der Waals surface area (Å²) < 4.78 is 18.9. The van der Waals surface area contributed by atoms with Gasteiger partial charge < -0.3 is 15.8 Å². The van der Waals surface area contributed by atoms with Gasteiger partial charge in [0.05, 0.1) is 17.7 Å². The van der Waals surface area contributed by atoms with Crippen molar-refractivity contribution in [2.75, 3.05) is 18.2 Å². The number of carbonyl (C=O) groups excluding carboxylic acids is 1. The smallest absolute Gasteiger partial charge is 0.227 e. The zero-order valence-electron chi connectivity index (χ0n) is 10.3. The van der Waals surface area contributed by atoms with E-state index in [1.807, 2.05) is 0 Å². The van der Waals surface area contributed by atoms with Crippen molar-refractivity contribution in [3.8, 4) is 0 Å². The summed E-state index contributed by atoms with van der Waals surface area (Å²) in [5.41, 5.74) is 5.53. The molecule has 1 fully saturated rings. The summed E-state index contributed by atoms with van der Waals surface area (Å²) in [6.07, 6.45) is 3.02. The molecule has 0 radical (unpaired) electrons. The van der Waals surface area contributed by atoms with Crippen LogP contribution in [0.1, 0.15) is 25.7 Å². The normalized spacial score (nSPS) is 17.0. The Balaban J connectivity index is 2.03. The molecule has 0 spiro atoms. The third kappa shape index (κ3) is 2.46. The fraction of sp³-hybridized carbons (Fsp3) is 0.462. The molecule has 5 heteroatoms. The van der Waals surface area contributed by atoms with E-state index in [9.17, 15) is 9.18 Å². The van der Waals surface area contributed by atoms with Gasteiger partial charge in [-0.25, -0.2) is 4.39 Å². The quantitative estimate of drug-likeness (QED) is 0.808. The number of hydrogen-bond donors (Lipinski definition) is 2. The zero-order valence-corrected chi connectivity index (χ0v) is 10.3. The molecule has 1 aromatic rings. The van der Waals surface area contributed by atoms with Crippen LogP contribution in [0.2, 0.25) is 0 Å². The minimum Gasteiger partial charge on any atom is -0.397 e. The molecule has 2 rings (SSSR count). The molecule has 18 heavy (non-hydrogen) atoms. The Bertz CT molecular complexity index is 433. The minimum absolute atomic E-state index is 0.0491. The number of amides is 1. The van der Waals surface area contributed by atoms with Gasteiger partial charge in [-0.2, -0.15) is 0 Å². The number of para-hydroxylation sites is 1. The SMILES string of the molecule is COC1(CC(=O)Nc2c(N)cccc2F)CCC1. The lowest BCUT2D eigenvalue weighted by Crippen LogP contribution is -2.42. The second kappa shape index (κ2) is 4.94. The van der Waals surface area contributed by atoms with Crippen LogP contribution in [0.15, 0.2) is 18.2 Å². The topological polar surface area (TPSA) is 64.3 Å². The molecule has 0 aliphatic heterocycles. The van der Waals surface area contributed by atoms with E-state index < -0.39 is 5.82 Å². The van der Waals surface area contributed by atoms with Gasteiger partial charge in [-0.1, -0.05) is 6.07 Å². The van der Waals surface area contributed by atoms with Crippen LogP contribution in [0.4, 0.5) is 15.8 Å². The van der Waals surface area contributed by atoms with Gasteiger partial charge in [0.25, 0.3) is 0 Å². The molecule has 1 aromatic carbocycles. The molecule has 3 N–H and O–H groups in total. The first-order chi connectivity index (χ1) is 8.56. The first-order valence-electron chi connectivity index (χ1n) is 5.95. The minimum atomic E-state index is -0.525. The van der Waals surface area contributed by atoms with Gasteiger partial charge >= 0.3 is 0 Å². The molecule has 0 heterocycles. The summed E-state index contributed by atoms with van der Waals surface area (Å²) in [5, 5.41) is 2.52. The summed E-state index contributed by atoms with van der Waals surface area (Å²) >= 11 is 0. The molecule has 1 aliphatic rings. The average Bonchev–Trinajstić information content (AvgIpc) is 2.29. The predicted molar refractivity (Wildman–Crippen MR) is 67.7 cm³/mol. The van der Waals surface area contributed by atoms with Crippen molar-refractivity contribution in [3.05, 3.63) is 24.0 Å². The van der Waals surface area contributed by atoms with Crippen molar-refractivity contribution >= 4 is 17.3 Å². The van der Waals surface area contributed by atoms with E-state index in [1.165, 1.54) is 12.1 Å². The van der Waals surface area contributed by atoms with Crippen LogP contribution in [0.3, 0.4) is 0 Å². The number of nitrogens with two attached hydrogens (primary N) is 1. The number of carbonyl (C=O) groups is 1. The van der Waals surface area contributed by atoms with E-state index in [0.717, 1.165) is 19.3 Å². The third-order valence-electron chi connectivity index (χ3n) is 3.49. The Labute approximate surface area is 105 Å². The third-order valence-corrected chi connectivity index (χ3v) is 3.49. The lowest BCUT2D eigenvalue weighted by Gasteiger charge is -2.39. The standard InChI is InChI=1S/C13H17FN2O2/c1-18-13(6-3-7-13)8-11(17)16-12-9(14)4-2-5-10(12)15/h2,4-5H,3,6-8,15H2,1H3,(H,16,17). The molecule has 1 saturated carbocycles. The summed E-state index contributed by atoms with van der Waals surface area (Å²) in [4.78, 5) is 11.9. The highest BCUT2D eigenvalue weighted by Gasteiger charge is 2.39. The van der Waals surface area contributed by atoms with E-state index in [4.69, 9.17) is 10.5 Å². The molecule has 0 aromatic heterocycles. The Morgan fingerprint density at radius 2 is 2.28 bits per heavy atom. The Hall–Kier alpha value is -1.62. The average molecular weight is 252 g/mol. The van der Waals surface area contributed by atoms with Crippen molar-refractivity contribution in [1.29, 1.82) is 0 Å². The molecule has 1 aliphatic carbocycles. The number of rotatable bonds is 4. The maximum atomic E-state index is 13.5. The van der Waals surface area contributed by atoms with E-state index in [0.29, 0.717) is 0 Å². The summed E-state index contributed by atoms with van der Waals surface area (Å²) in [6.45, 7) is 0. The molecule has 0 unspecified atom stereocenters. The van der Waals surface area contributed by atoms with Crippen molar-refractivity contribution < 1.29 is 13.9 Å². The van der Waals surface area contributed by atoms with Crippen LogP contribution in [0.5, 0.6) is 0 Å². The van der Waals surface area contributed by atoms with Crippen molar-refractivity contribution in [2.24, 2.45) is 0 Å². The monoisotopic (exact) mass is 252 g/mol. The van der Waals surface area contributed by atoms with E-state index in [2.05, 4.69) is 5.32 Å². The summed E-state index contributed by atoms with van der Waals surface area (Å²) in [7, 11) is 1.60. The highest BCUT2D eigenvalue weighted by Crippen LogP contribution is 2.38. The molecule has 0 atom stereocenters. The molecule has 0 saturated heterocycles. The molecular weight excluding hydrogens is 235 g/mol. The first-order valence-corrected chi connectivity index (χ1v) is 5.95. The van der Waals surface area contributed by atoms with Gasteiger partial charge in [-0.05, 0) is 31.4 Å². The highest BCUT2D eigenvalue weighted by atomic mass is 19.1. The van der Waals surface area contributed by atoms with Crippen molar-refractivity contribution in [3.63, 3.8) is 0 Å². The van der Waals surface area contributed by atoms with Gasteiger partial charge in [-0.3, -0.25) is 4.79 Å². The van der Waals surface area contributed by atoms with Crippen LogP contribution >= 0.6 is 0 Å². The van der Waals surface area contributed by atoms with E-state index >= 15 is 0 Å². The fourth-order valence-corrected chi connectivity index (χ4v) is 2.17. The van der Waals surface area contributed by atoms with Crippen LogP contribution in [-0.2, 0) is 9.53 Å². The summed E-state index contributed by atoms with van der Waals surface area (Å²) in [6, 6.07) is 4.32. The largest absolute Gasteiger partial charge is 0.397 e. The predicted octanol–water partition coefficient (Wildman–Crippen LogP) is 2.31. The van der Waals surface area contributed by atoms with E-state index in [-0.39, 0.29) is 29.3 Å². The van der Waals surface area contributed by atoms with Gasteiger partial charge in [0.15, 0.2) is 0 Å². The second-order valence-corrected chi connectivity index (χ2v) is 4.67. The van der Waals surface area contributed by atoms with E-state index in [1.54, 1.807) is 13.2 Å². The molecule has 4 nitrogen and oxygen atoms in total. The number of nitrogen functional groups attached to an aromatic ring is 1. The van der Waals surface area contributed by atoms with Crippen molar-refractivity contribution in [1.82, 2.24) is 0 Å². The number of nitrogens with one attached hydrogen (secondary N) is 1. The number of hydrogen-bond acceptors (Lipinski definition) is 3. The lowest BCUT2D eigenvalue weighted by atomic mass is 9.77. The van der Waals surface area contributed by atoms with Gasteiger partial charge in [0, 0.05) is 7.11 Å². The number of benzene rings is 1. The van der Waals surface area contributed by atoms with Crippen LogP contribution in [0.25, 0.3) is 0 Å². The van der Waals surface area contributed by atoms with Crippen LogP contribution < -0.4 is 11.1 Å². The maximum Gasteiger partial charge on any atom is 0.227 e. The van der Waals surface area contributed by atoms with Crippen LogP contribution in [-0.4, -0.2) is 18.6 Å². The van der Waals surface area contributed by atoms with Crippen LogP contribution in [0, 0.1) is 5.82 Å². The second-order valence-electron chi connectivity index (χ2n) is 4.67. The summed E-state index contributed by atoms with van der Waals surface area (Å²) in [5.74, 6) is -0.795. The number of anilines is 2. The Morgan fingerprint density at radius 1 is 1.56 bits per heavy atom. The Morgan fingerprint density at radius 3 is 2.78 bits per heavy atom. The molecular formula is C13H17FN2O2. The molecule has 0 bridgehead atoms.